The fourth-order valence-electron chi connectivity index (χ4n) is 1.06. The molecular weight excluding hydrogens is 158 g/mol. The molecule has 0 bridgehead atoms. The summed E-state index contributed by atoms with van der Waals surface area (Å²) in [4.78, 5) is 4.25. The second-order valence-electron chi connectivity index (χ2n) is 2.61. The van der Waals surface area contributed by atoms with E-state index in [1.807, 2.05) is 20.0 Å². The highest BCUT2D eigenvalue weighted by Crippen LogP contribution is 2.06. The van der Waals surface area contributed by atoms with Gasteiger partial charge in [0.15, 0.2) is 0 Å². The smallest absolute Gasteiger partial charge is 0.0404 e. The molecule has 13 heavy (non-hydrogen) atoms. The summed E-state index contributed by atoms with van der Waals surface area (Å²) in [6, 6.07) is 2.20. The molecule has 0 radical (unpaired) electrons. The summed E-state index contributed by atoms with van der Waals surface area (Å²) in [5, 5.41) is 0. The molecule has 0 aliphatic carbocycles. The summed E-state index contributed by atoms with van der Waals surface area (Å²) in [6.07, 6.45) is 3.00. The molecule has 0 unspecified atom stereocenters. The molecule has 1 nitrogen and oxygen atoms in total. The molecular formula is C12H23N. The first-order valence-electron chi connectivity index (χ1n) is 4.66. The van der Waals surface area contributed by atoms with E-state index in [2.05, 4.69) is 31.8 Å². The highest BCUT2D eigenvalue weighted by molar-refractivity contribution is 5.23. The van der Waals surface area contributed by atoms with Crippen molar-refractivity contribution in [3.8, 4) is 0 Å². The Hall–Kier alpha value is -0.850. The van der Waals surface area contributed by atoms with Crippen molar-refractivity contribution < 1.29 is 0 Å². The third kappa shape index (κ3) is 4.66. The third-order valence-corrected chi connectivity index (χ3v) is 1.71. The van der Waals surface area contributed by atoms with Crippen LogP contribution < -0.4 is 0 Å². The molecule has 0 N–H and O–H groups in total. The van der Waals surface area contributed by atoms with Gasteiger partial charge in [-0.15, -0.1) is 0 Å². The van der Waals surface area contributed by atoms with Crippen molar-refractivity contribution in [2.45, 2.75) is 48.5 Å². The summed E-state index contributed by atoms with van der Waals surface area (Å²) in [6.45, 7) is 10.3. The Kier molecular flexibility index (Phi) is 8.78. The van der Waals surface area contributed by atoms with Crippen molar-refractivity contribution in [1.82, 2.24) is 4.98 Å². The first-order chi connectivity index (χ1) is 5.74. The van der Waals surface area contributed by atoms with Gasteiger partial charge in [-0.25, -0.2) is 0 Å². The number of hydrogen-bond donors (Lipinski definition) is 0. The van der Waals surface area contributed by atoms with Crippen LogP contribution in [0.2, 0.25) is 0 Å². The standard InChI is InChI=1S/C9H13N.C2H6.CH4/c1-4-9-5-7(2)6-10-8(9)3;1-2;/h5-6H,4H2,1-3H3;1-2H3;1H4. The van der Waals surface area contributed by atoms with Crippen LogP contribution in [0.25, 0.3) is 0 Å². The van der Waals surface area contributed by atoms with Crippen LogP contribution in [0.3, 0.4) is 0 Å². The van der Waals surface area contributed by atoms with E-state index in [0.29, 0.717) is 0 Å². The van der Waals surface area contributed by atoms with Crippen LogP contribution in [-0.2, 0) is 6.42 Å². The summed E-state index contributed by atoms with van der Waals surface area (Å²) < 4.78 is 0. The molecule has 1 rings (SSSR count). The van der Waals surface area contributed by atoms with Crippen LogP contribution in [0.15, 0.2) is 12.3 Å². The minimum Gasteiger partial charge on any atom is -0.261 e. The Morgan fingerprint density at radius 2 is 1.77 bits per heavy atom. The second kappa shape index (κ2) is 7.78. The topological polar surface area (TPSA) is 12.9 Å². The highest BCUT2D eigenvalue weighted by atomic mass is 14.7. The van der Waals surface area contributed by atoms with Crippen molar-refractivity contribution in [3.63, 3.8) is 0 Å². The van der Waals surface area contributed by atoms with Gasteiger partial charge in [0.2, 0.25) is 0 Å². The van der Waals surface area contributed by atoms with E-state index in [-0.39, 0.29) is 7.43 Å². The molecule has 1 aromatic heterocycles. The van der Waals surface area contributed by atoms with Crippen molar-refractivity contribution >= 4 is 0 Å². The number of rotatable bonds is 1. The van der Waals surface area contributed by atoms with E-state index >= 15 is 0 Å². The Bertz CT molecular complexity index is 229. The normalized spacial score (nSPS) is 8.08. The average molecular weight is 181 g/mol. The van der Waals surface area contributed by atoms with Gasteiger partial charge in [-0.05, 0) is 31.4 Å². The van der Waals surface area contributed by atoms with Crippen molar-refractivity contribution in [1.29, 1.82) is 0 Å². The monoisotopic (exact) mass is 181 g/mol. The SMILES string of the molecule is C.CC.CCc1cc(C)cnc1C. The molecule has 0 saturated heterocycles. The Morgan fingerprint density at radius 3 is 2.15 bits per heavy atom. The van der Waals surface area contributed by atoms with Gasteiger partial charge in [0.1, 0.15) is 0 Å². The van der Waals surface area contributed by atoms with Gasteiger partial charge >= 0.3 is 0 Å². The molecule has 1 heterocycles. The zero-order chi connectivity index (χ0) is 9.56. The first-order valence-corrected chi connectivity index (χ1v) is 4.66. The van der Waals surface area contributed by atoms with Crippen LogP contribution in [0.4, 0.5) is 0 Å². The lowest BCUT2D eigenvalue weighted by atomic mass is 10.1. The molecule has 1 heteroatoms. The summed E-state index contributed by atoms with van der Waals surface area (Å²) >= 11 is 0. The van der Waals surface area contributed by atoms with Crippen LogP contribution in [0, 0.1) is 13.8 Å². The van der Waals surface area contributed by atoms with Gasteiger partial charge in [0.05, 0.1) is 0 Å². The maximum absolute atomic E-state index is 4.25. The fraction of sp³-hybridized carbons (Fsp3) is 0.583. The first kappa shape index (κ1) is 14.7. The van der Waals surface area contributed by atoms with E-state index in [0.717, 1.165) is 12.1 Å². The van der Waals surface area contributed by atoms with Crippen molar-refractivity contribution in [2.75, 3.05) is 0 Å². The molecule has 76 valence electrons. The zero-order valence-corrected chi connectivity index (χ0v) is 8.81. The largest absolute Gasteiger partial charge is 0.261 e. The second-order valence-corrected chi connectivity index (χ2v) is 2.61. The van der Waals surface area contributed by atoms with Gasteiger partial charge in [-0.1, -0.05) is 34.3 Å². The summed E-state index contributed by atoms with van der Waals surface area (Å²) in [5.41, 5.74) is 3.77. The molecule has 0 atom stereocenters. The van der Waals surface area contributed by atoms with E-state index < -0.39 is 0 Å². The average Bonchev–Trinajstić information content (AvgIpc) is 2.13. The minimum absolute atomic E-state index is 0. The van der Waals surface area contributed by atoms with Gasteiger partial charge < -0.3 is 0 Å². The summed E-state index contributed by atoms with van der Waals surface area (Å²) in [7, 11) is 0. The molecule has 0 aliphatic rings. The predicted molar refractivity (Wildman–Crippen MR) is 61.2 cm³/mol. The maximum atomic E-state index is 4.25. The minimum atomic E-state index is 0. The molecule has 0 aliphatic heterocycles. The fourth-order valence-corrected chi connectivity index (χ4v) is 1.06. The van der Waals surface area contributed by atoms with E-state index in [1.165, 1.54) is 11.1 Å². The number of pyridine rings is 1. The van der Waals surface area contributed by atoms with E-state index in [4.69, 9.17) is 0 Å². The highest BCUT2D eigenvalue weighted by Gasteiger charge is 1.94. The lowest BCUT2D eigenvalue weighted by Crippen LogP contribution is -1.90. The van der Waals surface area contributed by atoms with Crippen LogP contribution in [-0.4, -0.2) is 4.98 Å². The molecule has 0 fully saturated rings. The third-order valence-electron chi connectivity index (χ3n) is 1.71. The van der Waals surface area contributed by atoms with Gasteiger partial charge in [0, 0.05) is 11.9 Å². The van der Waals surface area contributed by atoms with E-state index in [9.17, 15) is 0 Å². The number of nitrogens with zero attached hydrogens (tertiary/aromatic N) is 1. The zero-order valence-electron chi connectivity index (χ0n) is 8.81. The van der Waals surface area contributed by atoms with Crippen LogP contribution >= 0.6 is 0 Å². The Morgan fingerprint density at radius 1 is 1.23 bits per heavy atom. The quantitative estimate of drug-likeness (QED) is 0.640. The van der Waals surface area contributed by atoms with Gasteiger partial charge in [-0.3, -0.25) is 4.98 Å². The lowest BCUT2D eigenvalue weighted by Gasteiger charge is -2.01. The number of hydrogen-bond acceptors (Lipinski definition) is 1. The molecule has 1 aromatic rings. The van der Waals surface area contributed by atoms with Crippen LogP contribution in [0.5, 0.6) is 0 Å². The maximum Gasteiger partial charge on any atom is 0.0404 e. The molecule has 0 saturated carbocycles. The summed E-state index contributed by atoms with van der Waals surface area (Å²) in [5.74, 6) is 0. The van der Waals surface area contributed by atoms with Crippen LogP contribution in [0.1, 0.15) is 45.0 Å². The molecule has 0 amide bonds. The predicted octanol–water partition coefficient (Wildman–Crippen LogP) is 3.92. The van der Waals surface area contributed by atoms with Crippen molar-refractivity contribution in [3.05, 3.63) is 29.1 Å². The van der Waals surface area contributed by atoms with Gasteiger partial charge in [0.25, 0.3) is 0 Å². The Labute approximate surface area is 83.2 Å². The molecule has 0 spiro atoms. The number of aryl methyl sites for hydroxylation is 3. The number of aromatic nitrogens is 1. The lowest BCUT2D eigenvalue weighted by molar-refractivity contribution is 1.03. The molecule has 0 aromatic carbocycles. The van der Waals surface area contributed by atoms with Crippen molar-refractivity contribution in [2.24, 2.45) is 0 Å². The van der Waals surface area contributed by atoms with E-state index in [1.54, 1.807) is 0 Å². The Balaban J connectivity index is 0. The van der Waals surface area contributed by atoms with Gasteiger partial charge in [-0.2, -0.15) is 0 Å².